The maximum absolute atomic E-state index is 12.7. The van der Waals surface area contributed by atoms with Gasteiger partial charge in [-0.25, -0.2) is 4.79 Å². The fourth-order valence-electron chi connectivity index (χ4n) is 2.98. The van der Waals surface area contributed by atoms with Gasteiger partial charge in [0.1, 0.15) is 6.04 Å². The van der Waals surface area contributed by atoms with Crippen LogP contribution in [0.1, 0.15) is 32.4 Å². The number of benzene rings is 1. The monoisotopic (exact) mass is 319 g/mol. The van der Waals surface area contributed by atoms with Crippen LogP contribution in [-0.4, -0.2) is 48.7 Å². The molecule has 1 aliphatic heterocycles. The van der Waals surface area contributed by atoms with Crippen LogP contribution in [0.4, 0.5) is 4.79 Å². The molecule has 0 spiro atoms. The Morgan fingerprint density at radius 2 is 1.83 bits per heavy atom. The van der Waals surface area contributed by atoms with E-state index in [9.17, 15) is 9.59 Å². The fourth-order valence-corrected chi connectivity index (χ4v) is 2.98. The highest BCUT2D eigenvalue weighted by atomic mass is 16.5. The van der Waals surface area contributed by atoms with Crippen molar-refractivity contribution in [2.75, 3.05) is 19.6 Å². The molecule has 1 aromatic carbocycles. The van der Waals surface area contributed by atoms with Gasteiger partial charge in [-0.15, -0.1) is 0 Å². The van der Waals surface area contributed by atoms with Gasteiger partial charge in [-0.3, -0.25) is 15.0 Å². The standard InChI is InChI=1S/C17H25N3O3/c1-4-18-17(22)19-16(21)15(14-8-6-5-7-9-14)20-10-12(2)23-13(3)11-20/h5-9,12-13,15H,4,10-11H2,1-3H3,(H2,18,19,21,22). The SMILES string of the molecule is CCNC(=O)NC(=O)C(c1ccccc1)N1CC(C)OC(C)C1. The first-order valence-electron chi connectivity index (χ1n) is 8.04. The molecule has 1 fully saturated rings. The molecule has 1 heterocycles. The van der Waals surface area contributed by atoms with Crippen molar-refractivity contribution >= 4 is 11.9 Å². The molecular weight excluding hydrogens is 294 g/mol. The number of nitrogens with one attached hydrogen (secondary N) is 2. The Balaban J connectivity index is 2.21. The molecule has 0 aromatic heterocycles. The van der Waals surface area contributed by atoms with E-state index in [1.54, 1.807) is 0 Å². The van der Waals surface area contributed by atoms with E-state index in [0.29, 0.717) is 19.6 Å². The number of urea groups is 1. The van der Waals surface area contributed by atoms with Crippen LogP contribution >= 0.6 is 0 Å². The number of hydrogen-bond donors (Lipinski definition) is 2. The van der Waals surface area contributed by atoms with Gasteiger partial charge in [0.2, 0.25) is 5.91 Å². The van der Waals surface area contributed by atoms with Crippen molar-refractivity contribution in [3.8, 4) is 0 Å². The first-order valence-corrected chi connectivity index (χ1v) is 8.04. The second-order valence-corrected chi connectivity index (χ2v) is 5.87. The molecule has 1 aromatic rings. The number of carbonyl (C=O) groups excluding carboxylic acids is 2. The molecule has 3 atom stereocenters. The molecule has 1 saturated heterocycles. The average Bonchev–Trinajstić information content (AvgIpc) is 2.47. The van der Waals surface area contributed by atoms with Gasteiger partial charge in [-0.05, 0) is 26.3 Å². The van der Waals surface area contributed by atoms with Gasteiger partial charge in [0, 0.05) is 19.6 Å². The molecule has 0 bridgehead atoms. The van der Waals surface area contributed by atoms with Gasteiger partial charge >= 0.3 is 6.03 Å². The van der Waals surface area contributed by atoms with E-state index >= 15 is 0 Å². The third-order valence-electron chi connectivity index (χ3n) is 3.75. The van der Waals surface area contributed by atoms with E-state index in [-0.39, 0.29) is 18.1 Å². The molecule has 2 N–H and O–H groups in total. The lowest BCUT2D eigenvalue weighted by Gasteiger charge is -2.39. The quantitative estimate of drug-likeness (QED) is 0.886. The number of nitrogens with zero attached hydrogens (tertiary/aromatic N) is 1. The minimum Gasteiger partial charge on any atom is -0.373 e. The maximum Gasteiger partial charge on any atom is 0.321 e. The molecule has 3 unspecified atom stereocenters. The van der Waals surface area contributed by atoms with Crippen LogP contribution in [0, 0.1) is 0 Å². The zero-order valence-corrected chi connectivity index (χ0v) is 13.9. The van der Waals surface area contributed by atoms with E-state index in [1.807, 2.05) is 51.1 Å². The van der Waals surface area contributed by atoms with Crippen LogP contribution < -0.4 is 10.6 Å². The molecule has 3 amide bonds. The van der Waals surface area contributed by atoms with E-state index in [4.69, 9.17) is 4.74 Å². The van der Waals surface area contributed by atoms with Crippen molar-refractivity contribution in [2.45, 2.75) is 39.0 Å². The number of carbonyl (C=O) groups is 2. The fraction of sp³-hybridized carbons (Fsp3) is 0.529. The normalized spacial score (nSPS) is 23.1. The lowest BCUT2D eigenvalue weighted by Crippen LogP contribution is -2.52. The molecule has 23 heavy (non-hydrogen) atoms. The van der Waals surface area contributed by atoms with Crippen LogP contribution in [-0.2, 0) is 9.53 Å². The minimum absolute atomic E-state index is 0.0437. The van der Waals surface area contributed by atoms with Crippen molar-refractivity contribution in [3.63, 3.8) is 0 Å². The largest absolute Gasteiger partial charge is 0.373 e. The van der Waals surface area contributed by atoms with Crippen molar-refractivity contribution < 1.29 is 14.3 Å². The Bertz CT molecular complexity index is 525. The molecule has 6 nitrogen and oxygen atoms in total. The Morgan fingerprint density at radius 1 is 1.22 bits per heavy atom. The first kappa shape index (κ1) is 17.4. The summed E-state index contributed by atoms with van der Waals surface area (Å²) in [4.78, 5) is 26.5. The number of imide groups is 1. The van der Waals surface area contributed by atoms with Crippen LogP contribution in [0.15, 0.2) is 30.3 Å². The van der Waals surface area contributed by atoms with Crippen molar-refractivity contribution in [3.05, 3.63) is 35.9 Å². The van der Waals surface area contributed by atoms with Gasteiger partial charge < -0.3 is 10.1 Å². The van der Waals surface area contributed by atoms with E-state index in [0.717, 1.165) is 5.56 Å². The average molecular weight is 319 g/mol. The molecule has 0 aliphatic carbocycles. The first-order chi connectivity index (χ1) is 11.0. The predicted molar refractivity (Wildman–Crippen MR) is 88.0 cm³/mol. The summed E-state index contributed by atoms with van der Waals surface area (Å²) in [6.45, 7) is 7.56. The van der Waals surface area contributed by atoms with E-state index < -0.39 is 12.1 Å². The van der Waals surface area contributed by atoms with Gasteiger partial charge in [0.15, 0.2) is 0 Å². The third kappa shape index (κ3) is 4.77. The van der Waals surface area contributed by atoms with Gasteiger partial charge in [-0.1, -0.05) is 30.3 Å². The molecule has 126 valence electrons. The van der Waals surface area contributed by atoms with E-state index in [1.165, 1.54) is 0 Å². The van der Waals surface area contributed by atoms with Crippen molar-refractivity contribution in [1.82, 2.24) is 15.5 Å². The lowest BCUT2D eigenvalue weighted by atomic mass is 10.0. The van der Waals surface area contributed by atoms with Crippen LogP contribution in [0.5, 0.6) is 0 Å². The van der Waals surface area contributed by atoms with Crippen LogP contribution in [0.25, 0.3) is 0 Å². The Kier molecular flexibility index (Phi) is 6.12. The molecule has 6 heteroatoms. The maximum atomic E-state index is 12.7. The summed E-state index contributed by atoms with van der Waals surface area (Å²) in [5, 5.41) is 5.02. The van der Waals surface area contributed by atoms with Crippen LogP contribution in [0.2, 0.25) is 0 Å². The third-order valence-corrected chi connectivity index (χ3v) is 3.75. The highest BCUT2D eigenvalue weighted by Gasteiger charge is 2.33. The second-order valence-electron chi connectivity index (χ2n) is 5.87. The number of rotatable bonds is 4. The van der Waals surface area contributed by atoms with Gasteiger partial charge in [0.25, 0.3) is 0 Å². The zero-order chi connectivity index (χ0) is 16.8. The van der Waals surface area contributed by atoms with E-state index in [2.05, 4.69) is 15.5 Å². The lowest BCUT2D eigenvalue weighted by molar-refractivity contribution is -0.132. The highest BCUT2D eigenvalue weighted by Crippen LogP contribution is 2.25. The smallest absolute Gasteiger partial charge is 0.321 e. The molecule has 0 saturated carbocycles. The summed E-state index contributed by atoms with van der Waals surface area (Å²) in [7, 11) is 0. The summed E-state index contributed by atoms with van der Waals surface area (Å²) in [5.41, 5.74) is 0.871. The predicted octanol–water partition coefficient (Wildman–Crippen LogP) is 1.68. The summed E-state index contributed by atoms with van der Waals surface area (Å²) >= 11 is 0. The number of amides is 3. The summed E-state index contributed by atoms with van der Waals surface area (Å²) in [5.74, 6) is -0.316. The molecular formula is C17H25N3O3. The van der Waals surface area contributed by atoms with Crippen molar-refractivity contribution in [2.24, 2.45) is 0 Å². The summed E-state index contributed by atoms with van der Waals surface area (Å²) < 4.78 is 5.75. The summed E-state index contributed by atoms with van der Waals surface area (Å²) in [6, 6.07) is 8.55. The Hall–Kier alpha value is -1.92. The molecule has 1 aliphatic rings. The second kappa shape index (κ2) is 8.08. The van der Waals surface area contributed by atoms with Gasteiger partial charge in [-0.2, -0.15) is 0 Å². The molecule has 0 radical (unpaired) electrons. The topological polar surface area (TPSA) is 70.7 Å². The molecule has 2 rings (SSSR count). The minimum atomic E-state index is -0.507. The zero-order valence-electron chi connectivity index (χ0n) is 13.9. The summed E-state index contributed by atoms with van der Waals surface area (Å²) in [6.07, 6.45) is 0.0875. The van der Waals surface area contributed by atoms with Crippen molar-refractivity contribution in [1.29, 1.82) is 0 Å². The highest BCUT2D eigenvalue weighted by molar-refractivity contribution is 5.97. The van der Waals surface area contributed by atoms with Gasteiger partial charge in [0.05, 0.1) is 12.2 Å². The Morgan fingerprint density at radius 3 is 2.39 bits per heavy atom. The number of ether oxygens (including phenoxy) is 1. The van der Waals surface area contributed by atoms with Crippen LogP contribution in [0.3, 0.4) is 0 Å². The number of morpholine rings is 1. The number of hydrogen-bond acceptors (Lipinski definition) is 4. The Labute approximate surface area is 137 Å².